The van der Waals surface area contributed by atoms with Crippen LogP contribution in [0.1, 0.15) is 16.8 Å². The average Bonchev–Trinajstić information content (AvgIpc) is 3.18. The van der Waals surface area contributed by atoms with Crippen molar-refractivity contribution in [2.24, 2.45) is 0 Å². The smallest absolute Gasteiger partial charge is 0.201 e. The molecule has 136 valence electrons. The lowest BCUT2D eigenvalue weighted by molar-refractivity contribution is 0.414. The van der Waals surface area contributed by atoms with E-state index in [1.807, 2.05) is 47.6 Å². The zero-order valence-electron chi connectivity index (χ0n) is 14.4. The van der Waals surface area contributed by atoms with Gasteiger partial charge in [-0.1, -0.05) is 24.4 Å². The van der Waals surface area contributed by atoms with E-state index in [9.17, 15) is 0 Å². The van der Waals surface area contributed by atoms with Gasteiger partial charge in [-0.2, -0.15) is 16.1 Å². The molecule has 26 heavy (non-hydrogen) atoms. The van der Waals surface area contributed by atoms with Gasteiger partial charge in [0.1, 0.15) is 10.4 Å². The average molecular weight is 405 g/mol. The van der Waals surface area contributed by atoms with E-state index >= 15 is 0 Å². The quantitative estimate of drug-likeness (QED) is 0.403. The highest BCUT2D eigenvalue weighted by molar-refractivity contribution is 7.98. The van der Waals surface area contributed by atoms with Crippen LogP contribution in [0.2, 0.25) is 0 Å². The van der Waals surface area contributed by atoms with E-state index in [2.05, 4.69) is 25.7 Å². The molecular formula is C18H20N4OS3. The molecule has 3 aromatic rings. The fourth-order valence-electron chi connectivity index (χ4n) is 2.33. The zero-order chi connectivity index (χ0) is 18.2. The van der Waals surface area contributed by atoms with Crippen LogP contribution in [-0.4, -0.2) is 33.7 Å². The monoisotopic (exact) mass is 404 g/mol. The van der Waals surface area contributed by atoms with Crippen molar-refractivity contribution in [3.8, 4) is 5.75 Å². The fourth-order valence-corrected chi connectivity index (χ4v) is 3.93. The summed E-state index contributed by atoms with van der Waals surface area (Å²) in [5.41, 5.74) is 3.32. The highest BCUT2D eigenvalue weighted by Gasteiger charge is 2.03. The van der Waals surface area contributed by atoms with Crippen LogP contribution < -0.4 is 10.1 Å². The van der Waals surface area contributed by atoms with E-state index < -0.39 is 0 Å². The lowest BCUT2D eigenvalue weighted by Gasteiger charge is -2.08. The molecule has 0 amide bonds. The molecule has 5 nitrogen and oxygen atoms in total. The maximum atomic E-state index is 5.47. The molecule has 0 saturated heterocycles. The first kappa shape index (κ1) is 18.9. The largest absolute Gasteiger partial charge is 0.497 e. The molecule has 0 radical (unpaired) electrons. The van der Waals surface area contributed by atoms with E-state index in [0.29, 0.717) is 10.6 Å². The van der Waals surface area contributed by atoms with E-state index in [1.54, 1.807) is 7.11 Å². The van der Waals surface area contributed by atoms with Crippen LogP contribution in [0.5, 0.6) is 5.75 Å². The van der Waals surface area contributed by atoms with Gasteiger partial charge in [0.15, 0.2) is 0 Å². The number of nitrogens with zero attached hydrogens (tertiary/aromatic N) is 2. The number of hydrogen-bond acceptors (Lipinski definition) is 7. The van der Waals surface area contributed by atoms with Crippen LogP contribution in [0.25, 0.3) is 0 Å². The van der Waals surface area contributed by atoms with Crippen molar-refractivity contribution >= 4 is 41.5 Å². The van der Waals surface area contributed by atoms with Gasteiger partial charge in [-0.05, 0) is 35.3 Å². The number of ether oxygens (including phenoxy) is 1. The normalized spacial score (nSPS) is 10.7. The number of aromatic amines is 1. The van der Waals surface area contributed by atoms with Gasteiger partial charge >= 0.3 is 0 Å². The van der Waals surface area contributed by atoms with Crippen LogP contribution in [0.3, 0.4) is 0 Å². The van der Waals surface area contributed by atoms with Crippen LogP contribution in [0, 0.1) is 4.64 Å². The zero-order valence-corrected chi connectivity index (χ0v) is 16.8. The van der Waals surface area contributed by atoms with Crippen LogP contribution in [0.15, 0.2) is 41.9 Å². The second-order valence-electron chi connectivity index (χ2n) is 5.58. The molecule has 0 fully saturated rings. The van der Waals surface area contributed by atoms with Gasteiger partial charge in [0.05, 0.1) is 12.8 Å². The summed E-state index contributed by atoms with van der Waals surface area (Å²) in [5, 5.41) is 5.29. The SMILES string of the molecule is COc1ccc(Cc2cnc(NCCSCc3ccsn3)[nH]c2=S)cc1. The van der Waals surface area contributed by atoms with Gasteiger partial charge in [0.25, 0.3) is 0 Å². The molecule has 3 rings (SSSR count). The maximum absolute atomic E-state index is 5.47. The molecule has 0 aliphatic carbocycles. The fraction of sp³-hybridized carbons (Fsp3) is 0.278. The van der Waals surface area contributed by atoms with Crippen molar-refractivity contribution in [2.45, 2.75) is 12.2 Å². The van der Waals surface area contributed by atoms with Crippen molar-refractivity contribution in [2.75, 3.05) is 24.7 Å². The molecule has 0 saturated carbocycles. The molecular weight excluding hydrogens is 384 g/mol. The van der Waals surface area contributed by atoms with Gasteiger partial charge in [0.2, 0.25) is 5.95 Å². The van der Waals surface area contributed by atoms with E-state index in [4.69, 9.17) is 17.0 Å². The third-order valence-electron chi connectivity index (χ3n) is 3.71. The molecule has 0 unspecified atom stereocenters. The number of nitrogens with one attached hydrogen (secondary N) is 2. The van der Waals surface area contributed by atoms with E-state index in [-0.39, 0.29) is 0 Å². The number of hydrogen-bond donors (Lipinski definition) is 2. The minimum absolute atomic E-state index is 0.711. The van der Waals surface area contributed by atoms with Gasteiger partial charge < -0.3 is 15.0 Å². The highest BCUT2D eigenvalue weighted by atomic mass is 32.2. The second-order valence-corrected chi connectivity index (χ2v) is 7.76. The number of thioether (sulfide) groups is 1. The van der Waals surface area contributed by atoms with Gasteiger partial charge in [-0.25, -0.2) is 4.98 Å². The number of benzene rings is 1. The van der Waals surface area contributed by atoms with Crippen LogP contribution in [-0.2, 0) is 12.2 Å². The Hall–Kier alpha value is -1.90. The summed E-state index contributed by atoms with van der Waals surface area (Å²) in [6, 6.07) is 10.0. The van der Waals surface area contributed by atoms with E-state index in [0.717, 1.165) is 41.5 Å². The standard InChI is InChI=1S/C18H20N4OS3/c1-23-16-4-2-13(3-5-16)10-14-11-20-18(21-17(14)24)19-7-9-25-12-15-6-8-26-22-15/h2-6,8,11H,7,9-10,12H2,1H3,(H2,19,20,21,24). The molecule has 2 N–H and O–H groups in total. The summed E-state index contributed by atoms with van der Waals surface area (Å²) < 4.78 is 10.2. The summed E-state index contributed by atoms with van der Waals surface area (Å²) in [7, 11) is 1.67. The summed E-state index contributed by atoms with van der Waals surface area (Å²) in [4.78, 5) is 7.61. The highest BCUT2D eigenvalue weighted by Crippen LogP contribution is 2.16. The van der Waals surface area contributed by atoms with Crippen molar-refractivity contribution in [3.05, 3.63) is 63.4 Å². The Bertz CT molecular complexity index is 863. The number of H-pyrrole nitrogens is 1. The third-order valence-corrected chi connectivity index (χ3v) is 5.66. The van der Waals surface area contributed by atoms with Crippen LogP contribution in [0.4, 0.5) is 5.95 Å². The van der Waals surface area contributed by atoms with Crippen molar-refractivity contribution in [1.29, 1.82) is 0 Å². The van der Waals surface area contributed by atoms with Gasteiger partial charge in [-0.3, -0.25) is 0 Å². The molecule has 0 spiro atoms. The Morgan fingerprint density at radius 3 is 2.81 bits per heavy atom. The molecule has 8 heteroatoms. The molecule has 1 aromatic carbocycles. The Labute approximate surface area is 166 Å². The third kappa shape index (κ3) is 5.55. The Morgan fingerprint density at radius 2 is 2.12 bits per heavy atom. The molecule has 0 atom stereocenters. The van der Waals surface area contributed by atoms with Crippen molar-refractivity contribution in [1.82, 2.24) is 14.3 Å². The lowest BCUT2D eigenvalue weighted by atomic mass is 10.1. The molecule has 2 aromatic heterocycles. The predicted molar refractivity (Wildman–Crippen MR) is 112 cm³/mol. The first-order chi connectivity index (χ1) is 12.7. The minimum atomic E-state index is 0.711. The van der Waals surface area contributed by atoms with Gasteiger partial charge in [0, 0.05) is 41.6 Å². The van der Waals surface area contributed by atoms with Gasteiger partial charge in [-0.15, -0.1) is 0 Å². The Balaban J connectivity index is 1.48. The maximum Gasteiger partial charge on any atom is 0.201 e. The Kier molecular flexibility index (Phi) is 7.04. The first-order valence-electron chi connectivity index (χ1n) is 8.16. The predicted octanol–water partition coefficient (Wildman–Crippen LogP) is 4.54. The minimum Gasteiger partial charge on any atom is -0.497 e. The summed E-state index contributed by atoms with van der Waals surface area (Å²) in [6.45, 7) is 0.824. The lowest BCUT2D eigenvalue weighted by Crippen LogP contribution is -2.08. The number of anilines is 1. The summed E-state index contributed by atoms with van der Waals surface area (Å²) >= 11 is 8.81. The summed E-state index contributed by atoms with van der Waals surface area (Å²) in [5.74, 6) is 3.48. The molecule has 0 bridgehead atoms. The molecule has 0 aliphatic heterocycles. The van der Waals surface area contributed by atoms with Crippen molar-refractivity contribution < 1.29 is 4.74 Å². The summed E-state index contributed by atoms with van der Waals surface area (Å²) in [6.07, 6.45) is 2.59. The topological polar surface area (TPSA) is 62.8 Å². The van der Waals surface area contributed by atoms with E-state index in [1.165, 1.54) is 17.1 Å². The number of methoxy groups -OCH3 is 1. The van der Waals surface area contributed by atoms with Crippen molar-refractivity contribution in [3.63, 3.8) is 0 Å². The first-order valence-corrected chi connectivity index (χ1v) is 10.6. The Morgan fingerprint density at radius 1 is 1.27 bits per heavy atom. The molecule has 2 heterocycles. The second kappa shape index (κ2) is 9.70. The molecule has 0 aliphatic rings. The van der Waals surface area contributed by atoms with Crippen LogP contribution >= 0.6 is 35.5 Å². The number of aromatic nitrogens is 3. The number of rotatable bonds is 9.